The molecule has 5 heteroatoms. The molecule has 1 heterocycles. The minimum absolute atomic E-state index is 0.00340. The predicted octanol–water partition coefficient (Wildman–Crippen LogP) is 3.30. The molecule has 3 rings (SSSR count). The standard InChI is InChI=1S/C22H26N2O3/c1-4-27-20-9-7-18(8-10-20)21(25)23-11-13-24(14-12-23)22(26)19-6-5-16(2)17(3)15-19/h5-10,15H,4,11-14H2,1-3H3. The number of nitrogens with zero attached hydrogens (tertiary/aromatic N) is 2. The van der Waals surface area contributed by atoms with E-state index in [0.29, 0.717) is 43.9 Å². The van der Waals surface area contributed by atoms with Gasteiger partial charge in [-0.05, 0) is 68.3 Å². The average Bonchev–Trinajstić information content (AvgIpc) is 2.70. The second-order valence-corrected chi connectivity index (χ2v) is 6.84. The van der Waals surface area contributed by atoms with Gasteiger partial charge in [0.05, 0.1) is 6.61 Å². The molecular formula is C22H26N2O3. The summed E-state index contributed by atoms with van der Waals surface area (Å²) >= 11 is 0. The van der Waals surface area contributed by atoms with Crippen LogP contribution < -0.4 is 4.74 Å². The van der Waals surface area contributed by atoms with Crippen LogP contribution in [0.2, 0.25) is 0 Å². The number of amides is 2. The Bertz CT molecular complexity index is 822. The van der Waals surface area contributed by atoms with Gasteiger partial charge in [-0.25, -0.2) is 0 Å². The first-order valence-electron chi connectivity index (χ1n) is 9.38. The van der Waals surface area contributed by atoms with Gasteiger partial charge in [-0.3, -0.25) is 9.59 Å². The maximum absolute atomic E-state index is 12.7. The van der Waals surface area contributed by atoms with Gasteiger partial charge in [-0.2, -0.15) is 0 Å². The van der Waals surface area contributed by atoms with Gasteiger partial charge in [0.25, 0.3) is 11.8 Å². The fourth-order valence-corrected chi connectivity index (χ4v) is 3.21. The first kappa shape index (κ1) is 19.0. The van der Waals surface area contributed by atoms with E-state index in [-0.39, 0.29) is 11.8 Å². The van der Waals surface area contributed by atoms with Crippen molar-refractivity contribution in [3.8, 4) is 5.75 Å². The largest absolute Gasteiger partial charge is 0.494 e. The third-order valence-corrected chi connectivity index (χ3v) is 5.02. The summed E-state index contributed by atoms with van der Waals surface area (Å²) < 4.78 is 5.42. The molecule has 0 atom stereocenters. The fourth-order valence-electron chi connectivity index (χ4n) is 3.21. The second kappa shape index (κ2) is 8.25. The number of carbonyl (C=O) groups excluding carboxylic acids is 2. The lowest BCUT2D eigenvalue weighted by Gasteiger charge is -2.35. The highest BCUT2D eigenvalue weighted by molar-refractivity contribution is 5.96. The summed E-state index contributed by atoms with van der Waals surface area (Å²) in [6, 6.07) is 13.0. The Morgan fingerprint density at radius 1 is 0.815 bits per heavy atom. The molecule has 0 spiro atoms. The summed E-state index contributed by atoms with van der Waals surface area (Å²) in [7, 11) is 0. The van der Waals surface area contributed by atoms with E-state index in [9.17, 15) is 9.59 Å². The van der Waals surface area contributed by atoms with E-state index in [2.05, 4.69) is 0 Å². The van der Waals surface area contributed by atoms with Gasteiger partial charge in [0.1, 0.15) is 5.75 Å². The Kier molecular flexibility index (Phi) is 5.79. The van der Waals surface area contributed by atoms with Gasteiger partial charge in [-0.1, -0.05) is 6.07 Å². The molecule has 27 heavy (non-hydrogen) atoms. The highest BCUT2D eigenvalue weighted by Gasteiger charge is 2.25. The van der Waals surface area contributed by atoms with Crippen LogP contribution in [0.5, 0.6) is 5.75 Å². The highest BCUT2D eigenvalue weighted by Crippen LogP contribution is 2.17. The van der Waals surface area contributed by atoms with Crippen molar-refractivity contribution < 1.29 is 14.3 Å². The quantitative estimate of drug-likeness (QED) is 0.834. The molecule has 1 aliphatic rings. The van der Waals surface area contributed by atoms with E-state index >= 15 is 0 Å². The molecule has 5 nitrogen and oxygen atoms in total. The first-order chi connectivity index (χ1) is 13.0. The summed E-state index contributed by atoms with van der Waals surface area (Å²) in [6.45, 7) is 8.77. The lowest BCUT2D eigenvalue weighted by molar-refractivity contribution is 0.0535. The zero-order chi connectivity index (χ0) is 19.4. The summed E-state index contributed by atoms with van der Waals surface area (Å²) in [5.41, 5.74) is 3.65. The van der Waals surface area contributed by atoms with E-state index in [1.165, 1.54) is 5.56 Å². The second-order valence-electron chi connectivity index (χ2n) is 6.84. The average molecular weight is 366 g/mol. The summed E-state index contributed by atoms with van der Waals surface area (Å²) in [6.07, 6.45) is 0. The molecule has 0 unspecified atom stereocenters. The van der Waals surface area contributed by atoms with Gasteiger partial charge in [0.15, 0.2) is 0 Å². The van der Waals surface area contributed by atoms with E-state index in [1.807, 2.05) is 56.0 Å². The normalized spacial score (nSPS) is 14.2. The van der Waals surface area contributed by atoms with E-state index < -0.39 is 0 Å². The van der Waals surface area contributed by atoms with Crippen molar-refractivity contribution in [2.45, 2.75) is 20.8 Å². The fraction of sp³-hybridized carbons (Fsp3) is 0.364. The zero-order valence-electron chi connectivity index (χ0n) is 16.2. The highest BCUT2D eigenvalue weighted by atomic mass is 16.5. The van der Waals surface area contributed by atoms with Crippen molar-refractivity contribution in [2.75, 3.05) is 32.8 Å². The van der Waals surface area contributed by atoms with Crippen molar-refractivity contribution in [3.63, 3.8) is 0 Å². The van der Waals surface area contributed by atoms with Gasteiger partial charge in [0.2, 0.25) is 0 Å². The van der Waals surface area contributed by atoms with Crippen molar-refractivity contribution in [2.24, 2.45) is 0 Å². The Morgan fingerprint density at radius 2 is 1.33 bits per heavy atom. The Hall–Kier alpha value is -2.82. The van der Waals surface area contributed by atoms with Crippen LogP contribution in [0.1, 0.15) is 38.8 Å². The van der Waals surface area contributed by atoms with Crippen LogP contribution in [0.15, 0.2) is 42.5 Å². The van der Waals surface area contributed by atoms with Gasteiger partial charge in [0, 0.05) is 37.3 Å². The third-order valence-electron chi connectivity index (χ3n) is 5.02. The van der Waals surface area contributed by atoms with Crippen molar-refractivity contribution in [3.05, 3.63) is 64.7 Å². The molecule has 0 radical (unpaired) electrons. The molecule has 0 aliphatic carbocycles. The summed E-state index contributed by atoms with van der Waals surface area (Å²) in [4.78, 5) is 29.0. The van der Waals surface area contributed by atoms with E-state index in [0.717, 1.165) is 11.3 Å². The van der Waals surface area contributed by atoms with Crippen LogP contribution >= 0.6 is 0 Å². The maximum Gasteiger partial charge on any atom is 0.253 e. The van der Waals surface area contributed by atoms with Crippen molar-refractivity contribution in [1.29, 1.82) is 0 Å². The number of ether oxygens (including phenoxy) is 1. The number of piperazine rings is 1. The topological polar surface area (TPSA) is 49.9 Å². The van der Waals surface area contributed by atoms with Crippen LogP contribution in [-0.4, -0.2) is 54.4 Å². The van der Waals surface area contributed by atoms with Crippen LogP contribution in [0.3, 0.4) is 0 Å². The van der Waals surface area contributed by atoms with Crippen LogP contribution in [0.4, 0.5) is 0 Å². The number of rotatable bonds is 4. The SMILES string of the molecule is CCOc1ccc(C(=O)N2CCN(C(=O)c3ccc(C)c(C)c3)CC2)cc1. The molecule has 0 aromatic heterocycles. The number of hydrogen-bond acceptors (Lipinski definition) is 3. The molecule has 0 N–H and O–H groups in total. The molecule has 1 saturated heterocycles. The van der Waals surface area contributed by atoms with E-state index in [1.54, 1.807) is 17.0 Å². The molecule has 142 valence electrons. The number of aryl methyl sites for hydroxylation is 2. The smallest absolute Gasteiger partial charge is 0.253 e. The molecule has 2 aromatic carbocycles. The molecule has 0 saturated carbocycles. The predicted molar refractivity (Wildman–Crippen MR) is 105 cm³/mol. The van der Waals surface area contributed by atoms with Crippen LogP contribution in [0.25, 0.3) is 0 Å². The molecule has 2 amide bonds. The Labute approximate surface area is 160 Å². The Balaban J connectivity index is 1.60. The van der Waals surface area contributed by atoms with Crippen LogP contribution in [0, 0.1) is 13.8 Å². The lowest BCUT2D eigenvalue weighted by atomic mass is 10.1. The maximum atomic E-state index is 12.7. The number of hydrogen-bond donors (Lipinski definition) is 0. The molecule has 1 aliphatic heterocycles. The molecule has 1 fully saturated rings. The number of carbonyl (C=O) groups is 2. The Morgan fingerprint density at radius 3 is 1.85 bits per heavy atom. The van der Waals surface area contributed by atoms with Gasteiger partial charge >= 0.3 is 0 Å². The van der Waals surface area contributed by atoms with Gasteiger partial charge in [-0.15, -0.1) is 0 Å². The van der Waals surface area contributed by atoms with Crippen molar-refractivity contribution in [1.82, 2.24) is 9.80 Å². The monoisotopic (exact) mass is 366 g/mol. The molecule has 0 bridgehead atoms. The minimum Gasteiger partial charge on any atom is -0.494 e. The molecule has 2 aromatic rings. The summed E-state index contributed by atoms with van der Waals surface area (Å²) in [5.74, 6) is 0.792. The first-order valence-corrected chi connectivity index (χ1v) is 9.38. The number of benzene rings is 2. The van der Waals surface area contributed by atoms with Crippen LogP contribution in [-0.2, 0) is 0 Å². The van der Waals surface area contributed by atoms with Crippen molar-refractivity contribution >= 4 is 11.8 Å². The summed E-state index contributed by atoms with van der Waals surface area (Å²) in [5, 5.41) is 0. The zero-order valence-corrected chi connectivity index (χ0v) is 16.2. The third kappa shape index (κ3) is 4.30. The van der Waals surface area contributed by atoms with Gasteiger partial charge < -0.3 is 14.5 Å². The molecular weight excluding hydrogens is 340 g/mol. The lowest BCUT2D eigenvalue weighted by Crippen LogP contribution is -2.50. The minimum atomic E-state index is -0.00340. The van der Waals surface area contributed by atoms with E-state index in [4.69, 9.17) is 4.74 Å².